The van der Waals surface area contributed by atoms with Gasteiger partial charge in [0.25, 0.3) is 0 Å². The molecule has 17 heavy (non-hydrogen) atoms. The molecule has 2 rings (SSSR count). The molecule has 1 fully saturated rings. The Morgan fingerprint density at radius 3 is 2.76 bits per heavy atom. The maximum absolute atomic E-state index is 5.02. The number of thiocarbonyl (C=S) groups is 1. The van der Waals surface area contributed by atoms with Crippen LogP contribution in [0.4, 0.5) is 0 Å². The molecule has 1 aliphatic rings. The van der Waals surface area contributed by atoms with Crippen molar-refractivity contribution in [2.75, 3.05) is 6.54 Å². The quantitative estimate of drug-likeness (QED) is 0.654. The Balaban J connectivity index is 2.08. The van der Waals surface area contributed by atoms with Gasteiger partial charge < -0.3 is 0 Å². The van der Waals surface area contributed by atoms with Crippen molar-refractivity contribution in [1.29, 1.82) is 0 Å². The van der Waals surface area contributed by atoms with E-state index in [0.717, 1.165) is 12.1 Å². The van der Waals surface area contributed by atoms with Gasteiger partial charge in [-0.2, -0.15) is 5.10 Å². The van der Waals surface area contributed by atoms with E-state index in [4.69, 9.17) is 12.2 Å². The predicted octanol–water partition coefficient (Wildman–Crippen LogP) is 2.03. The predicted molar refractivity (Wildman–Crippen MR) is 75.4 cm³/mol. The highest BCUT2D eigenvalue weighted by Gasteiger charge is 2.34. The van der Waals surface area contributed by atoms with Gasteiger partial charge in [-0.05, 0) is 19.4 Å². The van der Waals surface area contributed by atoms with Gasteiger partial charge in [-0.3, -0.25) is 10.3 Å². The monoisotopic (exact) mass is 247 g/mol. The summed E-state index contributed by atoms with van der Waals surface area (Å²) in [4.78, 5) is 0. The second-order valence-corrected chi connectivity index (χ2v) is 5.13. The summed E-state index contributed by atoms with van der Waals surface area (Å²) in [5.41, 5.74) is 1.15. The van der Waals surface area contributed by atoms with Crippen molar-refractivity contribution in [3.8, 4) is 0 Å². The van der Waals surface area contributed by atoms with Crippen molar-refractivity contribution in [1.82, 2.24) is 10.3 Å². The molecule has 0 aliphatic carbocycles. The first-order valence-electron chi connectivity index (χ1n) is 5.69. The standard InChI is InChI=1S/C13H17N3S/c1-13(2)10-16(12(9-17)15-13)14-8-11-6-4-3-5-7-11/h3-9,12,15H,10H2,1-2H3. The van der Waals surface area contributed by atoms with E-state index < -0.39 is 0 Å². The fourth-order valence-corrected chi connectivity index (χ4v) is 2.13. The van der Waals surface area contributed by atoms with Crippen LogP contribution >= 0.6 is 12.2 Å². The fourth-order valence-electron chi connectivity index (χ4n) is 1.92. The molecule has 1 atom stereocenters. The molecule has 1 heterocycles. The molecule has 0 amide bonds. The SMILES string of the molecule is CC1(C)CN(N=Cc2ccccc2)C(C=S)N1. The first-order valence-corrected chi connectivity index (χ1v) is 6.16. The van der Waals surface area contributed by atoms with Gasteiger partial charge in [0.05, 0.1) is 12.8 Å². The molecule has 0 radical (unpaired) electrons. The average Bonchev–Trinajstić information content (AvgIpc) is 2.63. The van der Waals surface area contributed by atoms with E-state index in [1.54, 1.807) is 5.37 Å². The van der Waals surface area contributed by atoms with Crippen LogP contribution in [0, 0.1) is 0 Å². The molecule has 1 unspecified atom stereocenters. The fraction of sp³-hybridized carbons (Fsp3) is 0.385. The van der Waals surface area contributed by atoms with Crippen LogP contribution in [0.25, 0.3) is 0 Å². The Labute approximate surface area is 108 Å². The number of hydrogen-bond donors (Lipinski definition) is 1. The van der Waals surface area contributed by atoms with Crippen LogP contribution in [-0.4, -0.2) is 34.8 Å². The number of benzene rings is 1. The zero-order valence-electron chi connectivity index (χ0n) is 10.1. The van der Waals surface area contributed by atoms with E-state index in [-0.39, 0.29) is 11.7 Å². The van der Waals surface area contributed by atoms with Crippen LogP contribution in [0.1, 0.15) is 19.4 Å². The zero-order valence-corrected chi connectivity index (χ0v) is 10.9. The smallest absolute Gasteiger partial charge is 0.126 e. The second kappa shape index (κ2) is 4.94. The summed E-state index contributed by atoms with van der Waals surface area (Å²) in [5.74, 6) is 0. The van der Waals surface area contributed by atoms with Crippen molar-refractivity contribution in [3.05, 3.63) is 35.9 Å². The topological polar surface area (TPSA) is 27.6 Å². The third-order valence-corrected chi connectivity index (χ3v) is 2.96. The largest absolute Gasteiger partial charge is 0.285 e. The highest BCUT2D eigenvalue weighted by atomic mass is 32.1. The highest BCUT2D eigenvalue weighted by molar-refractivity contribution is 7.79. The molecule has 1 aromatic rings. The summed E-state index contributed by atoms with van der Waals surface area (Å²) >= 11 is 5.02. The van der Waals surface area contributed by atoms with Crippen molar-refractivity contribution < 1.29 is 0 Å². The molecular formula is C13H17N3S. The van der Waals surface area contributed by atoms with Crippen LogP contribution in [-0.2, 0) is 0 Å². The molecule has 0 spiro atoms. The van der Waals surface area contributed by atoms with Crippen molar-refractivity contribution in [2.24, 2.45) is 5.10 Å². The summed E-state index contributed by atoms with van der Waals surface area (Å²) < 4.78 is 0. The van der Waals surface area contributed by atoms with Gasteiger partial charge in [0, 0.05) is 10.9 Å². The lowest BCUT2D eigenvalue weighted by Gasteiger charge is -2.16. The summed E-state index contributed by atoms with van der Waals surface area (Å²) in [6.45, 7) is 5.15. The van der Waals surface area contributed by atoms with Crippen LogP contribution < -0.4 is 5.32 Å². The van der Waals surface area contributed by atoms with E-state index in [2.05, 4.69) is 24.3 Å². The number of hydrogen-bond acceptors (Lipinski definition) is 4. The normalized spacial score (nSPS) is 23.2. The average molecular weight is 247 g/mol. The maximum atomic E-state index is 5.02. The Bertz CT molecular complexity index is 414. The lowest BCUT2D eigenvalue weighted by atomic mass is 10.1. The molecule has 0 saturated carbocycles. The molecule has 1 N–H and O–H groups in total. The molecule has 1 aromatic carbocycles. The minimum Gasteiger partial charge on any atom is -0.285 e. The molecule has 4 heteroatoms. The lowest BCUT2D eigenvalue weighted by Crippen LogP contribution is -2.39. The van der Waals surface area contributed by atoms with Gasteiger partial charge >= 0.3 is 0 Å². The molecule has 0 aromatic heterocycles. The summed E-state index contributed by atoms with van der Waals surface area (Å²) in [6, 6.07) is 10.1. The highest BCUT2D eigenvalue weighted by Crippen LogP contribution is 2.17. The summed E-state index contributed by atoms with van der Waals surface area (Å²) in [5, 5.41) is 11.6. The Morgan fingerprint density at radius 2 is 2.12 bits per heavy atom. The van der Waals surface area contributed by atoms with Gasteiger partial charge in [0.1, 0.15) is 6.17 Å². The van der Waals surface area contributed by atoms with E-state index in [0.29, 0.717) is 0 Å². The van der Waals surface area contributed by atoms with Crippen molar-refractivity contribution in [2.45, 2.75) is 25.6 Å². The van der Waals surface area contributed by atoms with Crippen LogP contribution in [0.2, 0.25) is 0 Å². The number of rotatable bonds is 3. The Kier molecular flexibility index (Phi) is 3.54. The molecular weight excluding hydrogens is 230 g/mol. The lowest BCUT2D eigenvalue weighted by molar-refractivity contribution is 0.312. The maximum Gasteiger partial charge on any atom is 0.126 e. The zero-order chi connectivity index (χ0) is 12.3. The molecule has 1 aliphatic heterocycles. The van der Waals surface area contributed by atoms with Crippen molar-refractivity contribution >= 4 is 23.8 Å². The molecule has 1 saturated heterocycles. The second-order valence-electron chi connectivity index (χ2n) is 4.86. The Morgan fingerprint density at radius 1 is 1.41 bits per heavy atom. The van der Waals surface area contributed by atoms with Crippen LogP contribution in [0.5, 0.6) is 0 Å². The van der Waals surface area contributed by atoms with Crippen LogP contribution in [0.15, 0.2) is 35.4 Å². The van der Waals surface area contributed by atoms with Gasteiger partial charge in [-0.15, -0.1) is 0 Å². The van der Waals surface area contributed by atoms with Gasteiger partial charge in [0.15, 0.2) is 0 Å². The van der Waals surface area contributed by atoms with E-state index >= 15 is 0 Å². The summed E-state index contributed by atoms with van der Waals surface area (Å²) in [6.07, 6.45) is 1.91. The molecule has 0 bridgehead atoms. The van der Waals surface area contributed by atoms with E-state index in [9.17, 15) is 0 Å². The molecule has 90 valence electrons. The first-order chi connectivity index (χ1) is 8.11. The third-order valence-electron chi connectivity index (χ3n) is 2.70. The number of nitrogens with zero attached hydrogens (tertiary/aromatic N) is 2. The van der Waals surface area contributed by atoms with Gasteiger partial charge in [-0.25, -0.2) is 0 Å². The molecule has 3 nitrogen and oxygen atoms in total. The van der Waals surface area contributed by atoms with E-state index in [1.807, 2.05) is 41.6 Å². The Hall–Kier alpha value is -1.26. The van der Waals surface area contributed by atoms with Gasteiger partial charge in [0.2, 0.25) is 0 Å². The van der Waals surface area contributed by atoms with Crippen molar-refractivity contribution in [3.63, 3.8) is 0 Å². The first kappa shape index (κ1) is 12.2. The van der Waals surface area contributed by atoms with Gasteiger partial charge in [-0.1, -0.05) is 42.5 Å². The summed E-state index contributed by atoms with van der Waals surface area (Å²) in [7, 11) is 0. The minimum absolute atomic E-state index is 0.0416. The van der Waals surface area contributed by atoms with Crippen LogP contribution in [0.3, 0.4) is 0 Å². The van der Waals surface area contributed by atoms with E-state index in [1.165, 1.54) is 0 Å². The third kappa shape index (κ3) is 3.11. The number of hydrazone groups is 1. The number of nitrogens with one attached hydrogen (secondary N) is 1. The minimum atomic E-state index is 0.0416.